The molecule has 1 unspecified atom stereocenters. The van der Waals surface area contributed by atoms with Crippen LogP contribution in [-0.4, -0.2) is 25.6 Å². The van der Waals surface area contributed by atoms with Crippen LogP contribution < -0.4 is 5.73 Å². The molecule has 0 aliphatic rings. The lowest BCUT2D eigenvalue weighted by molar-refractivity contribution is 0.571. The van der Waals surface area contributed by atoms with Crippen molar-refractivity contribution in [3.63, 3.8) is 0 Å². The Balaban J connectivity index is 2.11. The Morgan fingerprint density at radius 1 is 1.19 bits per heavy atom. The molecule has 0 fully saturated rings. The molecule has 5 nitrogen and oxygen atoms in total. The van der Waals surface area contributed by atoms with E-state index in [-0.39, 0.29) is 6.04 Å². The highest BCUT2D eigenvalue weighted by atomic mass is 15.3. The Labute approximate surface area is 127 Å². The molecule has 2 aromatic heterocycles. The van der Waals surface area contributed by atoms with E-state index < -0.39 is 0 Å². The van der Waals surface area contributed by atoms with Gasteiger partial charge in [-0.25, -0.2) is 0 Å². The van der Waals surface area contributed by atoms with Crippen LogP contribution in [0.1, 0.15) is 42.2 Å². The zero-order valence-corrected chi connectivity index (χ0v) is 13.8. The van der Waals surface area contributed by atoms with Crippen LogP contribution in [0.5, 0.6) is 0 Å². The second-order valence-corrected chi connectivity index (χ2v) is 5.74. The summed E-state index contributed by atoms with van der Waals surface area (Å²) in [5.74, 6) is 0. The molecule has 0 spiro atoms. The van der Waals surface area contributed by atoms with Crippen molar-refractivity contribution in [1.29, 1.82) is 0 Å². The first-order valence-corrected chi connectivity index (χ1v) is 7.76. The van der Waals surface area contributed by atoms with E-state index in [9.17, 15) is 0 Å². The summed E-state index contributed by atoms with van der Waals surface area (Å²) in [7, 11) is 1.98. The summed E-state index contributed by atoms with van der Waals surface area (Å²) in [4.78, 5) is 0. The van der Waals surface area contributed by atoms with Gasteiger partial charge in [-0.1, -0.05) is 6.92 Å². The number of nitrogens with two attached hydrogens (primary N) is 1. The van der Waals surface area contributed by atoms with E-state index in [1.54, 1.807) is 0 Å². The second kappa shape index (κ2) is 6.43. The van der Waals surface area contributed by atoms with Gasteiger partial charge in [0.05, 0.1) is 11.4 Å². The fraction of sp³-hybridized carbons (Fsp3) is 0.625. The van der Waals surface area contributed by atoms with Crippen molar-refractivity contribution in [1.82, 2.24) is 19.6 Å². The molecule has 5 heteroatoms. The molecule has 0 amide bonds. The smallest absolute Gasteiger partial charge is 0.0628 e. The predicted molar refractivity (Wildman–Crippen MR) is 85.3 cm³/mol. The van der Waals surface area contributed by atoms with Crippen molar-refractivity contribution in [2.24, 2.45) is 12.8 Å². The Bertz CT molecular complexity index is 608. The molecule has 2 aromatic rings. The van der Waals surface area contributed by atoms with Gasteiger partial charge in [0.2, 0.25) is 0 Å². The molecule has 1 atom stereocenters. The molecule has 0 saturated carbocycles. The predicted octanol–water partition coefficient (Wildman–Crippen LogP) is 1.93. The minimum Gasteiger partial charge on any atom is -0.327 e. The number of hydrogen-bond acceptors (Lipinski definition) is 3. The third-order valence-electron chi connectivity index (χ3n) is 4.17. The quantitative estimate of drug-likeness (QED) is 0.884. The molecule has 2 rings (SSSR count). The lowest BCUT2D eigenvalue weighted by Crippen LogP contribution is -2.27. The van der Waals surface area contributed by atoms with Crippen molar-refractivity contribution in [2.75, 3.05) is 0 Å². The Kier molecular flexibility index (Phi) is 4.83. The van der Waals surface area contributed by atoms with Gasteiger partial charge in [0.25, 0.3) is 0 Å². The molecule has 0 saturated heterocycles. The first kappa shape index (κ1) is 15.8. The molecule has 0 aliphatic heterocycles. The fourth-order valence-corrected chi connectivity index (χ4v) is 2.84. The molecular weight excluding hydrogens is 262 g/mol. The summed E-state index contributed by atoms with van der Waals surface area (Å²) in [6, 6.07) is 2.28. The fourth-order valence-electron chi connectivity index (χ4n) is 2.84. The summed E-state index contributed by atoms with van der Waals surface area (Å²) in [6.07, 6.45) is 2.69. The number of hydrogen-bond donors (Lipinski definition) is 1. The molecule has 116 valence electrons. The average molecular weight is 289 g/mol. The highest BCUT2D eigenvalue weighted by molar-refractivity contribution is 5.26. The van der Waals surface area contributed by atoms with E-state index in [1.165, 1.54) is 17.0 Å². The van der Waals surface area contributed by atoms with Gasteiger partial charge in [-0.15, -0.1) is 0 Å². The van der Waals surface area contributed by atoms with Crippen LogP contribution in [0.25, 0.3) is 0 Å². The van der Waals surface area contributed by atoms with Gasteiger partial charge in [0.1, 0.15) is 0 Å². The summed E-state index contributed by atoms with van der Waals surface area (Å²) in [5.41, 5.74) is 12.3. The highest BCUT2D eigenvalue weighted by Gasteiger charge is 2.16. The van der Waals surface area contributed by atoms with Crippen molar-refractivity contribution in [2.45, 2.75) is 59.5 Å². The van der Waals surface area contributed by atoms with E-state index in [4.69, 9.17) is 5.73 Å². The molecule has 0 aromatic carbocycles. The summed E-state index contributed by atoms with van der Waals surface area (Å²) >= 11 is 0. The Morgan fingerprint density at radius 2 is 1.90 bits per heavy atom. The van der Waals surface area contributed by atoms with Crippen LogP contribution in [0.4, 0.5) is 0 Å². The zero-order valence-electron chi connectivity index (χ0n) is 13.8. The van der Waals surface area contributed by atoms with E-state index in [1.807, 2.05) is 11.7 Å². The Hall–Kier alpha value is -1.62. The minimum atomic E-state index is 0.0957. The lowest BCUT2D eigenvalue weighted by Gasteiger charge is -2.13. The van der Waals surface area contributed by atoms with Gasteiger partial charge in [0.15, 0.2) is 0 Å². The first-order chi connectivity index (χ1) is 9.96. The van der Waals surface area contributed by atoms with E-state index in [0.717, 1.165) is 37.2 Å². The van der Waals surface area contributed by atoms with Crippen molar-refractivity contribution < 1.29 is 0 Å². The number of nitrogens with zero attached hydrogens (tertiary/aromatic N) is 4. The van der Waals surface area contributed by atoms with Gasteiger partial charge in [0, 0.05) is 37.4 Å². The van der Waals surface area contributed by atoms with Gasteiger partial charge >= 0.3 is 0 Å². The van der Waals surface area contributed by atoms with E-state index in [0.29, 0.717) is 0 Å². The van der Waals surface area contributed by atoms with Crippen LogP contribution in [0.15, 0.2) is 6.07 Å². The topological polar surface area (TPSA) is 61.7 Å². The Morgan fingerprint density at radius 3 is 2.43 bits per heavy atom. The summed E-state index contributed by atoms with van der Waals surface area (Å²) < 4.78 is 4.00. The van der Waals surface area contributed by atoms with Crippen LogP contribution >= 0.6 is 0 Å². The summed E-state index contributed by atoms with van der Waals surface area (Å²) in [5, 5.41) is 9.06. The van der Waals surface area contributed by atoms with Crippen molar-refractivity contribution in [3.05, 3.63) is 34.4 Å². The first-order valence-electron chi connectivity index (χ1n) is 7.76. The largest absolute Gasteiger partial charge is 0.327 e. The van der Waals surface area contributed by atoms with Crippen LogP contribution in [0, 0.1) is 13.8 Å². The van der Waals surface area contributed by atoms with Crippen LogP contribution in [-0.2, 0) is 32.9 Å². The maximum Gasteiger partial charge on any atom is 0.0628 e. The number of aromatic nitrogens is 4. The average Bonchev–Trinajstić information content (AvgIpc) is 2.95. The second-order valence-electron chi connectivity index (χ2n) is 5.74. The van der Waals surface area contributed by atoms with Crippen molar-refractivity contribution in [3.8, 4) is 0 Å². The lowest BCUT2D eigenvalue weighted by atomic mass is 10.0. The highest BCUT2D eigenvalue weighted by Crippen LogP contribution is 2.16. The molecule has 2 N–H and O–H groups in total. The standard InChI is InChI=1S/C16H27N5/c1-6-14-10-15(21(7-2)19-14)8-13(17)9-16-11(3)18-20(5)12(16)4/h10,13H,6-9,17H2,1-5H3. The third-order valence-corrected chi connectivity index (χ3v) is 4.17. The van der Waals surface area contributed by atoms with E-state index >= 15 is 0 Å². The van der Waals surface area contributed by atoms with Crippen molar-refractivity contribution >= 4 is 0 Å². The number of aryl methyl sites for hydroxylation is 4. The maximum absolute atomic E-state index is 6.38. The molecule has 21 heavy (non-hydrogen) atoms. The van der Waals surface area contributed by atoms with Gasteiger partial charge in [-0.05, 0) is 45.2 Å². The van der Waals surface area contributed by atoms with Gasteiger partial charge in [-0.3, -0.25) is 9.36 Å². The molecule has 2 heterocycles. The molecular formula is C16H27N5. The normalized spacial score (nSPS) is 12.9. The third kappa shape index (κ3) is 3.35. The van der Waals surface area contributed by atoms with Gasteiger partial charge < -0.3 is 5.73 Å². The zero-order chi connectivity index (χ0) is 15.6. The molecule has 0 bridgehead atoms. The summed E-state index contributed by atoms with van der Waals surface area (Å²) in [6.45, 7) is 9.31. The van der Waals surface area contributed by atoms with Crippen LogP contribution in [0.2, 0.25) is 0 Å². The van der Waals surface area contributed by atoms with Crippen LogP contribution in [0.3, 0.4) is 0 Å². The molecule has 0 aliphatic carbocycles. The maximum atomic E-state index is 6.38. The minimum absolute atomic E-state index is 0.0957. The SMILES string of the molecule is CCc1cc(CC(N)Cc2c(C)nn(C)c2C)n(CC)n1. The molecule has 0 radical (unpaired) electrons. The number of rotatable bonds is 6. The van der Waals surface area contributed by atoms with E-state index in [2.05, 4.69) is 48.6 Å². The monoisotopic (exact) mass is 289 g/mol. The van der Waals surface area contributed by atoms with Gasteiger partial charge in [-0.2, -0.15) is 10.2 Å².